The molecule has 0 spiro atoms. The molecular weight excluding hydrogens is 326 g/mol. The summed E-state index contributed by atoms with van der Waals surface area (Å²) >= 11 is 0. The molecule has 7 nitrogen and oxygen atoms in total. The Morgan fingerprint density at radius 3 is 2.88 bits per heavy atom. The Balaban J connectivity index is 1.81. The zero-order valence-corrected chi connectivity index (χ0v) is 14.6. The summed E-state index contributed by atoms with van der Waals surface area (Å²) in [6.07, 6.45) is 2.19. The fourth-order valence-corrected chi connectivity index (χ4v) is 4.52. The van der Waals surface area contributed by atoms with Crippen molar-refractivity contribution < 1.29 is 8.42 Å². The molecule has 1 aromatic carbocycles. The van der Waals surface area contributed by atoms with Gasteiger partial charge >= 0.3 is 0 Å². The van der Waals surface area contributed by atoms with E-state index in [2.05, 4.69) is 26.6 Å². The number of sulfone groups is 1. The number of hydrogen-bond donors (Lipinski definition) is 1. The average Bonchev–Trinajstić information content (AvgIpc) is 2.87. The zero-order valence-electron chi connectivity index (χ0n) is 13.8. The van der Waals surface area contributed by atoms with Crippen LogP contribution in [0.4, 0.5) is 17.5 Å². The van der Waals surface area contributed by atoms with Crippen molar-refractivity contribution in [2.75, 3.05) is 28.3 Å². The van der Waals surface area contributed by atoms with E-state index in [1.54, 1.807) is 6.20 Å². The van der Waals surface area contributed by atoms with Crippen molar-refractivity contribution in [3.05, 3.63) is 36.0 Å². The normalized spacial score (nSPS) is 19.2. The number of hydrogen-bond acceptors (Lipinski definition) is 7. The minimum atomic E-state index is -2.94. The lowest BCUT2D eigenvalue weighted by molar-refractivity contribution is 0.602. The third-order valence-corrected chi connectivity index (χ3v) is 5.79. The van der Waals surface area contributed by atoms with Gasteiger partial charge in [0.1, 0.15) is 0 Å². The van der Waals surface area contributed by atoms with E-state index in [0.29, 0.717) is 18.2 Å². The monoisotopic (exact) mass is 347 g/mol. The summed E-state index contributed by atoms with van der Waals surface area (Å²) < 4.78 is 23.1. The van der Waals surface area contributed by atoms with E-state index in [-0.39, 0.29) is 17.5 Å². The third kappa shape index (κ3) is 3.81. The molecule has 128 valence electrons. The van der Waals surface area contributed by atoms with Gasteiger partial charge in [0.15, 0.2) is 15.7 Å². The largest absolute Gasteiger partial charge is 0.349 e. The molecule has 0 amide bonds. The highest BCUT2D eigenvalue weighted by Gasteiger charge is 2.28. The number of rotatable bonds is 5. The van der Waals surface area contributed by atoms with Crippen molar-refractivity contribution in [2.24, 2.45) is 0 Å². The Morgan fingerprint density at radius 1 is 1.38 bits per heavy atom. The number of nitrogens with one attached hydrogen (secondary N) is 1. The fraction of sp³-hybridized carbons (Fsp3) is 0.438. The molecule has 1 aliphatic heterocycles. The highest BCUT2D eigenvalue weighted by atomic mass is 32.2. The first-order chi connectivity index (χ1) is 11.5. The van der Waals surface area contributed by atoms with Crippen molar-refractivity contribution in [2.45, 2.75) is 26.3 Å². The summed E-state index contributed by atoms with van der Waals surface area (Å²) in [6.45, 7) is 4.82. The van der Waals surface area contributed by atoms with Gasteiger partial charge in [0.2, 0.25) is 5.95 Å². The summed E-state index contributed by atoms with van der Waals surface area (Å²) in [5.74, 6) is 1.38. The Morgan fingerprint density at radius 2 is 2.21 bits per heavy atom. The van der Waals surface area contributed by atoms with Gasteiger partial charge in [-0.1, -0.05) is 12.1 Å². The topological polar surface area (TPSA) is 88.1 Å². The molecule has 1 N–H and O–H groups in total. The maximum absolute atomic E-state index is 11.6. The van der Waals surface area contributed by atoms with Gasteiger partial charge < -0.3 is 10.2 Å². The van der Waals surface area contributed by atoms with Crippen LogP contribution in [0.15, 0.2) is 30.5 Å². The van der Waals surface area contributed by atoms with Crippen LogP contribution in [-0.4, -0.2) is 47.7 Å². The second-order valence-electron chi connectivity index (χ2n) is 5.97. The van der Waals surface area contributed by atoms with Crippen molar-refractivity contribution >= 4 is 27.3 Å². The molecular formula is C16H21N5O2S. The van der Waals surface area contributed by atoms with Crippen LogP contribution >= 0.6 is 0 Å². The number of aromatic nitrogens is 3. The molecule has 1 saturated heterocycles. The van der Waals surface area contributed by atoms with Crippen molar-refractivity contribution in [3.8, 4) is 0 Å². The number of benzene rings is 1. The molecule has 1 fully saturated rings. The van der Waals surface area contributed by atoms with Gasteiger partial charge in [0.25, 0.3) is 0 Å². The summed E-state index contributed by atoms with van der Waals surface area (Å²) in [6, 6.07) is 8.01. The van der Waals surface area contributed by atoms with Crippen molar-refractivity contribution in [3.63, 3.8) is 0 Å². The van der Waals surface area contributed by atoms with E-state index in [4.69, 9.17) is 0 Å². The van der Waals surface area contributed by atoms with Gasteiger partial charge in [0.05, 0.1) is 17.7 Å². The van der Waals surface area contributed by atoms with Crippen LogP contribution < -0.4 is 10.2 Å². The van der Waals surface area contributed by atoms with Crippen LogP contribution in [0.5, 0.6) is 0 Å². The van der Waals surface area contributed by atoms with Gasteiger partial charge in [-0.3, -0.25) is 0 Å². The minimum absolute atomic E-state index is 0.121. The van der Waals surface area contributed by atoms with Gasteiger partial charge in [-0.05, 0) is 38.0 Å². The Bertz CT molecular complexity index is 825. The summed E-state index contributed by atoms with van der Waals surface area (Å²) in [5, 5.41) is 11.1. The first-order valence-electron chi connectivity index (χ1n) is 7.98. The number of nitrogens with zero attached hydrogens (tertiary/aromatic N) is 4. The highest BCUT2D eigenvalue weighted by molar-refractivity contribution is 7.91. The first-order valence-corrected chi connectivity index (χ1v) is 9.80. The van der Waals surface area contributed by atoms with E-state index in [9.17, 15) is 8.42 Å². The van der Waals surface area contributed by atoms with E-state index in [1.165, 1.54) is 5.56 Å². The Hall–Kier alpha value is -2.22. The maximum atomic E-state index is 11.6. The predicted molar refractivity (Wildman–Crippen MR) is 94.4 cm³/mol. The molecule has 1 unspecified atom stereocenters. The molecule has 1 aromatic heterocycles. The second-order valence-corrected chi connectivity index (χ2v) is 8.19. The van der Waals surface area contributed by atoms with Crippen LogP contribution in [0, 0.1) is 6.92 Å². The lowest BCUT2D eigenvalue weighted by Gasteiger charge is -2.22. The van der Waals surface area contributed by atoms with Crippen molar-refractivity contribution in [1.29, 1.82) is 0 Å². The Kier molecular flexibility index (Phi) is 4.66. The van der Waals surface area contributed by atoms with Crippen LogP contribution in [0.1, 0.15) is 18.9 Å². The average molecular weight is 347 g/mol. The van der Waals surface area contributed by atoms with Gasteiger partial charge in [0, 0.05) is 18.3 Å². The molecule has 0 saturated carbocycles. The fourth-order valence-electron chi connectivity index (χ4n) is 2.85. The van der Waals surface area contributed by atoms with Crippen molar-refractivity contribution in [1.82, 2.24) is 15.2 Å². The molecule has 2 heterocycles. The summed E-state index contributed by atoms with van der Waals surface area (Å²) in [7, 11) is -2.94. The lowest BCUT2D eigenvalue weighted by atomic mass is 10.2. The molecule has 1 atom stereocenters. The quantitative estimate of drug-likeness (QED) is 0.884. The van der Waals surface area contributed by atoms with E-state index in [1.807, 2.05) is 36.9 Å². The second kappa shape index (κ2) is 6.72. The minimum Gasteiger partial charge on any atom is -0.349 e. The predicted octanol–water partition coefficient (Wildman–Crippen LogP) is 1.94. The molecule has 8 heteroatoms. The lowest BCUT2D eigenvalue weighted by Crippen LogP contribution is -2.24. The van der Waals surface area contributed by atoms with E-state index < -0.39 is 9.84 Å². The molecule has 24 heavy (non-hydrogen) atoms. The number of aryl methyl sites for hydroxylation is 1. The Labute approximate surface area is 142 Å². The van der Waals surface area contributed by atoms with Crippen LogP contribution in [0.25, 0.3) is 0 Å². The zero-order chi connectivity index (χ0) is 17.2. The maximum Gasteiger partial charge on any atom is 0.244 e. The number of anilines is 3. The van der Waals surface area contributed by atoms with Gasteiger partial charge in [-0.2, -0.15) is 10.1 Å². The third-order valence-electron chi connectivity index (χ3n) is 4.02. The van der Waals surface area contributed by atoms with Crippen LogP contribution in [0.3, 0.4) is 0 Å². The standard InChI is InChI=1S/C16H21N5O2S/c1-3-21(14-6-4-5-12(2)9-14)15-10-17-20-16(19-15)18-13-7-8-24(22,23)11-13/h4-6,9-10,13H,3,7-8,11H2,1-2H3,(H,18,19,20). The van der Waals surface area contributed by atoms with Gasteiger partial charge in [-0.15, -0.1) is 5.10 Å². The molecule has 0 bridgehead atoms. The highest BCUT2D eigenvalue weighted by Crippen LogP contribution is 2.24. The van der Waals surface area contributed by atoms with E-state index >= 15 is 0 Å². The molecule has 1 aliphatic rings. The summed E-state index contributed by atoms with van der Waals surface area (Å²) in [4.78, 5) is 6.55. The molecule has 0 radical (unpaired) electrons. The molecule has 3 rings (SSSR count). The summed E-state index contributed by atoms with van der Waals surface area (Å²) in [5.41, 5.74) is 2.20. The molecule has 0 aliphatic carbocycles. The van der Waals surface area contributed by atoms with Gasteiger partial charge in [-0.25, -0.2) is 8.42 Å². The van der Waals surface area contributed by atoms with E-state index in [0.717, 1.165) is 12.2 Å². The molecule has 2 aromatic rings. The van der Waals surface area contributed by atoms with Crippen LogP contribution in [0.2, 0.25) is 0 Å². The smallest absolute Gasteiger partial charge is 0.244 e. The first kappa shape index (κ1) is 16.6. The SMILES string of the molecule is CCN(c1cccc(C)c1)c1cnnc(NC2CCS(=O)(=O)C2)n1. The van der Waals surface area contributed by atoms with Crippen LogP contribution in [-0.2, 0) is 9.84 Å².